The van der Waals surface area contributed by atoms with Crippen molar-refractivity contribution in [1.82, 2.24) is 30.7 Å². The highest BCUT2D eigenvalue weighted by molar-refractivity contribution is 5.98. The van der Waals surface area contributed by atoms with Crippen LogP contribution in [-0.2, 0) is 44.7 Å². The minimum absolute atomic E-state index is 0.0188. The number of halogens is 2. The van der Waals surface area contributed by atoms with Crippen LogP contribution in [0.25, 0.3) is 0 Å². The van der Waals surface area contributed by atoms with Gasteiger partial charge in [0.15, 0.2) is 0 Å². The van der Waals surface area contributed by atoms with E-state index in [1.54, 1.807) is 12.2 Å². The van der Waals surface area contributed by atoms with Crippen LogP contribution in [0.3, 0.4) is 0 Å². The van der Waals surface area contributed by atoms with Crippen molar-refractivity contribution in [1.29, 1.82) is 0 Å². The number of aliphatic hydroxyl groups is 1. The fourth-order valence-electron chi connectivity index (χ4n) is 6.66. The molecule has 4 N–H and O–H groups in total. The van der Waals surface area contributed by atoms with Crippen molar-refractivity contribution in [2.75, 3.05) is 33.4 Å². The first-order chi connectivity index (χ1) is 25.2. The third kappa shape index (κ3) is 10.2. The molecule has 0 aliphatic carbocycles. The van der Waals surface area contributed by atoms with Crippen molar-refractivity contribution in [3.63, 3.8) is 0 Å². The first-order valence-electron chi connectivity index (χ1n) is 17.5. The zero-order valence-electron chi connectivity index (χ0n) is 29.7. The number of fused-ring (bicyclic) bond motifs is 2. The van der Waals surface area contributed by atoms with E-state index in [1.807, 2.05) is 0 Å². The minimum Gasteiger partial charge on any atom is -0.461 e. The Morgan fingerprint density at radius 1 is 1.00 bits per heavy atom. The molecule has 0 spiro atoms. The summed E-state index contributed by atoms with van der Waals surface area (Å²) in [5, 5.41) is 17.6. The molecule has 3 heterocycles. The maximum absolute atomic E-state index is 14.2. The monoisotopic (exact) mass is 744 g/mol. The molecular weight excluding hydrogens is 698 g/mol. The van der Waals surface area contributed by atoms with Crippen molar-refractivity contribution in [3.8, 4) is 0 Å². The normalized spacial score (nSPS) is 25.1. The number of unbranched alkanes of at least 4 members (excludes halogenated alkanes) is 1. The van der Waals surface area contributed by atoms with Crippen molar-refractivity contribution < 1.29 is 52.2 Å². The number of allylic oxidation sites excluding steroid dienone is 2. The van der Waals surface area contributed by atoms with Crippen LogP contribution in [0.15, 0.2) is 43.0 Å². The highest BCUT2D eigenvalue weighted by atomic mass is 19.1. The Labute approximate surface area is 305 Å². The van der Waals surface area contributed by atoms with Gasteiger partial charge in [0.05, 0.1) is 6.61 Å². The lowest BCUT2D eigenvalue weighted by Gasteiger charge is -2.35. The number of amides is 6. The Kier molecular flexibility index (Phi) is 14.2. The Morgan fingerprint density at radius 2 is 1.64 bits per heavy atom. The second-order valence-corrected chi connectivity index (χ2v) is 13.3. The van der Waals surface area contributed by atoms with E-state index in [9.17, 15) is 47.4 Å². The molecule has 0 aromatic heterocycles. The fraction of sp³-hybridized carbons (Fsp3) is 0.528. The van der Waals surface area contributed by atoms with E-state index in [0.717, 1.165) is 17.0 Å². The van der Waals surface area contributed by atoms with Gasteiger partial charge in [0.1, 0.15) is 54.5 Å². The van der Waals surface area contributed by atoms with Crippen LogP contribution in [0.5, 0.6) is 0 Å². The van der Waals surface area contributed by atoms with Gasteiger partial charge in [-0.05, 0) is 69.2 Å². The zero-order valence-corrected chi connectivity index (χ0v) is 29.7. The van der Waals surface area contributed by atoms with Crippen molar-refractivity contribution in [2.45, 2.75) is 88.1 Å². The van der Waals surface area contributed by atoms with E-state index >= 15 is 0 Å². The molecule has 0 saturated carbocycles. The molecule has 0 unspecified atom stereocenters. The van der Waals surface area contributed by atoms with Gasteiger partial charge < -0.3 is 40.5 Å². The molecule has 288 valence electrons. The first-order valence-corrected chi connectivity index (χ1v) is 17.5. The number of ether oxygens (including phenoxy) is 1. The van der Waals surface area contributed by atoms with Crippen molar-refractivity contribution in [2.24, 2.45) is 0 Å². The molecular formula is C36H46F2N6O9. The number of benzene rings is 1. The van der Waals surface area contributed by atoms with Gasteiger partial charge in [0.25, 0.3) is 0 Å². The zero-order chi connectivity index (χ0) is 38.8. The average Bonchev–Trinajstić information content (AvgIpc) is 3.81. The van der Waals surface area contributed by atoms with Gasteiger partial charge in [-0.3, -0.25) is 28.8 Å². The minimum atomic E-state index is -1.62. The second kappa shape index (κ2) is 18.5. The predicted molar refractivity (Wildman–Crippen MR) is 184 cm³/mol. The van der Waals surface area contributed by atoms with Crippen LogP contribution in [0.1, 0.15) is 51.0 Å². The molecule has 0 bridgehead atoms. The van der Waals surface area contributed by atoms with Crippen LogP contribution < -0.4 is 16.0 Å². The SMILES string of the molecule is C=CCCC=CC(=O)N[C@@H](Cc1cc(F)cc(F)c1)C(=O)N[C@H]1COC(=O)[C@@H]2CCCN2C(=O)[C@H](C)NC(=O)[C@H](CO)N(C)C(=O)[C@@H]2CCCN2C1=O. The lowest BCUT2D eigenvalue weighted by molar-refractivity contribution is -0.158. The summed E-state index contributed by atoms with van der Waals surface area (Å²) in [6.07, 6.45) is 6.21. The largest absolute Gasteiger partial charge is 0.461 e. The number of esters is 1. The molecule has 3 saturated heterocycles. The fourth-order valence-corrected chi connectivity index (χ4v) is 6.66. The maximum atomic E-state index is 14.2. The topological polar surface area (TPSA) is 195 Å². The van der Waals surface area contributed by atoms with Gasteiger partial charge in [-0.15, -0.1) is 6.58 Å². The molecule has 1 aromatic carbocycles. The molecule has 3 aliphatic rings. The molecule has 3 aliphatic heterocycles. The molecule has 15 nitrogen and oxygen atoms in total. The van der Waals surface area contributed by atoms with Crippen LogP contribution in [0.2, 0.25) is 0 Å². The van der Waals surface area contributed by atoms with Crippen LogP contribution >= 0.6 is 0 Å². The smallest absolute Gasteiger partial charge is 0.328 e. The second-order valence-electron chi connectivity index (χ2n) is 13.3. The maximum Gasteiger partial charge on any atom is 0.328 e. The summed E-state index contributed by atoms with van der Waals surface area (Å²) in [5.74, 6) is -7.34. The van der Waals surface area contributed by atoms with Crippen molar-refractivity contribution >= 4 is 41.4 Å². The molecule has 1 aromatic rings. The molecule has 6 amide bonds. The molecule has 3 fully saturated rings. The van der Waals surface area contributed by atoms with Gasteiger partial charge in [-0.25, -0.2) is 13.6 Å². The van der Waals surface area contributed by atoms with Crippen LogP contribution in [-0.4, -0.2) is 131 Å². The summed E-state index contributed by atoms with van der Waals surface area (Å²) in [7, 11) is 1.28. The summed E-state index contributed by atoms with van der Waals surface area (Å²) in [5.41, 5.74) is 0.0188. The Bertz CT molecular complexity index is 1600. The Morgan fingerprint density at radius 3 is 2.28 bits per heavy atom. The standard InChI is InChI=1S/C36H46F2N6O9/c1-4-5-6-7-12-30(46)40-25(17-22-15-23(37)18-24(38)16-22)31(47)41-26-20-53-36(52)28-11-9-14-44(28)33(49)21(2)39-32(48)29(19-45)42(3)35(51)27-10-8-13-43(27)34(26)50/h4,7,12,15-16,18,21,25-29,45H,1,5-6,8-11,13-14,17,19-20H2,2-3H3,(H,39,48)(H,40,46)(H,41,47)/t21-,25-,26-,27-,28-,29-/m0/s1. The van der Waals surface area contributed by atoms with Gasteiger partial charge in [0, 0.05) is 32.6 Å². The number of carbonyl (C=O) groups is 7. The average molecular weight is 745 g/mol. The van der Waals surface area contributed by atoms with Gasteiger partial charge in [-0.2, -0.15) is 0 Å². The molecule has 4 rings (SSSR count). The quantitative estimate of drug-likeness (QED) is 0.109. The number of hydrogen-bond acceptors (Lipinski definition) is 9. The first kappa shape index (κ1) is 40.6. The summed E-state index contributed by atoms with van der Waals surface area (Å²) >= 11 is 0. The van der Waals surface area contributed by atoms with E-state index < -0.39 is 109 Å². The third-order valence-corrected chi connectivity index (χ3v) is 9.46. The molecule has 53 heavy (non-hydrogen) atoms. The highest BCUT2D eigenvalue weighted by Gasteiger charge is 2.44. The van der Waals surface area contributed by atoms with Crippen molar-refractivity contribution in [3.05, 3.63) is 60.2 Å². The number of rotatable bonds is 10. The molecule has 17 heteroatoms. The number of nitrogens with zero attached hydrogens (tertiary/aromatic N) is 3. The van der Waals surface area contributed by atoms with E-state index in [4.69, 9.17) is 4.74 Å². The summed E-state index contributed by atoms with van der Waals surface area (Å²) in [6.45, 7) is 3.73. The highest BCUT2D eigenvalue weighted by Crippen LogP contribution is 2.23. The number of carbonyl (C=O) groups excluding carboxylic acids is 7. The number of aliphatic hydroxyl groups excluding tert-OH is 1. The third-order valence-electron chi connectivity index (χ3n) is 9.46. The number of likely N-dealkylation sites (N-methyl/N-ethyl adjacent to an activating group) is 1. The summed E-state index contributed by atoms with van der Waals surface area (Å²) in [6, 6.07) is -5.23. The summed E-state index contributed by atoms with van der Waals surface area (Å²) in [4.78, 5) is 98.1. The number of nitrogens with one attached hydrogen (secondary N) is 3. The predicted octanol–water partition coefficient (Wildman–Crippen LogP) is -0.138. The summed E-state index contributed by atoms with van der Waals surface area (Å²) < 4.78 is 33.8. The van der Waals surface area contributed by atoms with E-state index in [0.29, 0.717) is 31.7 Å². The Balaban J connectivity index is 1.68. The van der Waals surface area contributed by atoms with Crippen LogP contribution in [0.4, 0.5) is 8.78 Å². The molecule has 6 atom stereocenters. The van der Waals surface area contributed by atoms with Gasteiger partial charge >= 0.3 is 5.97 Å². The molecule has 0 radical (unpaired) electrons. The Hall–Kier alpha value is -5.19. The van der Waals surface area contributed by atoms with E-state index in [1.165, 1.54) is 29.8 Å². The van der Waals surface area contributed by atoms with Gasteiger partial charge in [-0.1, -0.05) is 12.2 Å². The lowest BCUT2D eigenvalue weighted by atomic mass is 10.0. The van der Waals surface area contributed by atoms with E-state index in [2.05, 4.69) is 22.5 Å². The lowest BCUT2D eigenvalue weighted by Crippen LogP contribution is -2.61. The van der Waals surface area contributed by atoms with Gasteiger partial charge in [0.2, 0.25) is 35.4 Å². The number of cyclic esters (lactones) is 1. The number of hydrogen-bond donors (Lipinski definition) is 4. The van der Waals surface area contributed by atoms with Crippen LogP contribution in [0, 0.1) is 11.6 Å². The van der Waals surface area contributed by atoms with E-state index in [-0.39, 0.29) is 31.5 Å².